The van der Waals surface area contributed by atoms with Gasteiger partial charge in [0.05, 0.1) is 18.6 Å². The fourth-order valence-corrected chi connectivity index (χ4v) is 4.78. The van der Waals surface area contributed by atoms with E-state index in [1.807, 2.05) is 18.2 Å². The lowest BCUT2D eigenvalue weighted by Crippen LogP contribution is -2.43. The van der Waals surface area contributed by atoms with Crippen LogP contribution in [0.5, 0.6) is 11.5 Å². The molecule has 4 rings (SSSR count). The molecule has 33 heavy (non-hydrogen) atoms. The number of rotatable bonds is 5. The Labute approximate surface area is 193 Å². The summed E-state index contributed by atoms with van der Waals surface area (Å²) in [6.45, 7) is 6.34. The molecule has 0 fully saturated rings. The van der Waals surface area contributed by atoms with Crippen molar-refractivity contribution in [3.63, 3.8) is 0 Å². The van der Waals surface area contributed by atoms with Crippen molar-refractivity contribution in [2.75, 3.05) is 26.9 Å². The van der Waals surface area contributed by atoms with Crippen LogP contribution in [-0.2, 0) is 26.2 Å². The molecule has 1 spiro atoms. The van der Waals surface area contributed by atoms with Crippen LogP contribution in [0.4, 0.5) is 4.79 Å². The van der Waals surface area contributed by atoms with Crippen LogP contribution < -0.4 is 14.8 Å². The number of hydrogen-bond donors (Lipinski definition) is 2. The summed E-state index contributed by atoms with van der Waals surface area (Å²) in [5, 5.41) is 12.6. The topological polar surface area (TPSA) is 107 Å². The molecule has 1 aromatic carbocycles. The summed E-state index contributed by atoms with van der Waals surface area (Å²) in [4.78, 5) is 26.0. The van der Waals surface area contributed by atoms with Gasteiger partial charge >= 0.3 is 12.1 Å². The molecule has 0 unspecified atom stereocenters. The number of carbonyl (C=O) groups is 2. The molecule has 9 nitrogen and oxygen atoms in total. The first-order chi connectivity index (χ1) is 15.6. The number of benzene rings is 1. The van der Waals surface area contributed by atoms with Crippen molar-refractivity contribution in [2.24, 2.45) is 0 Å². The van der Waals surface area contributed by atoms with Gasteiger partial charge in [-0.25, -0.2) is 4.79 Å². The van der Waals surface area contributed by atoms with Gasteiger partial charge in [-0.2, -0.15) is 0 Å². The number of amides is 1. The highest BCUT2D eigenvalue weighted by Gasteiger charge is 2.52. The second kappa shape index (κ2) is 8.87. The van der Waals surface area contributed by atoms with Gasteiger partial charge < -0.3 is 29.4 Å². The van der Waals surface area contributed by atoms with Gasteiger partial charge in [0.2, 0.25) is 0 Å². The minimum Gasteiger partial charge on any atom is -0.493 e. The lowest BCUT2D eigenvalue weighted by Gasteiger charge is -2.35. The Morgan fingerprint density at radius 1 is 1.33 bits per heavy atom. The zero-order valence-electron chi connectivity index (χ0n) is 19.6. The van der Waals surface area contributed by atoms with Gasteiger partial charge in [0.25, 0.3) is 0 Å². The van der Waals surface area contributed by atoms with Crippen molar-refractivity contribution in [2.45, 2.75) is 63.4 Å². The fraction of sp³-hybridized carbons (Fsp3) is 0.583. The molecule has 2 heterocycles. The van der Waals surface area contributed by atoms with Gasteiger partial charge in [0.1, 0.15) is 25.0 Å². The second-order valence-corrected chi connectivity index (χ2v) is 9.74. The van der Waals surface area contributed by atoms with Gasteiger partial charge in [-0.1, -0.05) is 18.2 Å². The quantitative estimate of drug-likeness (QED) is 0.509. The van der Waals surface area contributed by atoms with Gasteiger partial charge in [0, 0.05) is 25.1 Å². The molecule has 3 aliphatic rings. The largest absolute Gasteiger partial charge is 0.493 e. The van der Waals surface area contributed by atoms with E-state index in [-0.39, 0.29) is 24.8 Å². The number of aliphatic hydroxyl groups excluding tert-OH is 1. The molecule has 2 N–H and O–H groups in total. The summed E-state index contributed by atoms with van der Waals surface area (Å²) in [6, 6.07) is 3.91. The molecular formula is C24H32N2O7. The van der Waals surface area contributed by atoms with Gasteiger partial charge in [-0.05, 0) is 38.8 Å². The van der Waals surface area contributed by atoms with Crippen LogP contribution in [-0.4, -0.2) is 66.8 Å². The van der Waals surface area contributed by atoms with Crippen molar-refractivity contribution in [3.05, 3.63) is 35.4 Å². The van der Waals surface area contributed by atoms with E-state index in [4.69, 9.17) is 18.9 Å². The molecule has 9 heteroatoms. The van der Waals surface area contributed by atoms with E-state index >= 15 is 0 Å². The monoisotopic (exact) mass is 460 g/mol. The molecule has 0 bridgehead atoms. The maximum atomic E-state index is 12.2. The molecule has 1 aromatic rings. The molecule has 0 radical (unpaired) electrons. The normalized spacial score (nSPS) is 25.8. The summed E-state index contributed by atoms with van der Waals surface area (Å²) < 4.78 is 22.4. The zero-order chi connectivity index (χ0) is 23.8. The summed E-state index contributed by atoms with van der Waals surface area (Å²) in [6.07, 6.45) is 3.80. The van der Waals surface area contributed by atoms with E-state index in [0.29, 0.717) is 25.3 Å². The van der Waals surface area contributed by atoms with Crippen LogP contribution in [0.15, 0.2) is 24.3 Å². The maximum Gasteiger partial charge on any atom is 0.408 e. The highest BCUT2D eigenvalue weighted by molar-refractivity contribution is 5.78. The Morgan fingerprint density at radius 2 is 2.12 bits per heavy atom. The Morgan fingerprint density at radius 3 is 2.85 bits per heavy atom. The molecule has 1 amide bonds. The second-order valence-electron chi connectivity index (χ2n) is 9.74. The van der Waals surface area contributed by atoms with Crippen LogP contribution in [0.2, 0.25) is 0 Å². The number of ether oxygens (including phenoxy) is 4. The van der Waals surface area contributed by atoms with Crippen LogP contribution in [0.1, 0.15) is 44.7 Å². The minimum atomic E-state index is -0.661. The molecular weight excluding hydrogens is 428 g/mol. The van der Waals surface area contributed by atoms with Gasteiger partial charge in [-0.3, -0.25) is 9.69 Å². The predicted octanol–water partition coefficient (Wildman–Crippen LogP) is 2.25. The van der Waals surface area contributed by atoms with E-state index < -0.39 is 23.8 Å². The number of alkyl carbamates (subject to hydrolysis) is 1. The first-order valence-electron chi connectivity index (χ1n) is 11.2. The highest BCUT2D eigenvalue weighted by Crippen LogP contribution is 2.55. The average Bonchev–Trinajstić information content (AvgIpc) is 2.98. The maximum absolute atomic E-state index is 12.2. The Hall–Kier alpha value is -2.78. The molecule has 2 aliphatic heterocycles. The summed E-state index contributed by atoms with van der Waals surface area (Å²) in [7, 11) is 1.62. The fourth-order valence-electron chi connectivity index (χ4n) is 4.78. The number of esters is 1. The number of hydrogen-bond acceptors (Lipinski definition) is 8. The first-order valence-corrected chi connectivity index (χ1v) is 11.2. The standard InChI is InChI=1S/C24H32N2O7/c1-23(2,3)33-22(29)25-12-19(28)31-14-26-10-9-24-8-7-16(27)11-18(24)32-21-17(30-4)6-5-15(13-26)20(21)24/h5-8,16,18,27H,9-14H2,1-4H3,(H,25,29)/t16-,18-,24-/m0/s1. The Bertz CT molecular complexity index is 955. The number of carbonyl (C=O) groups excluding carboxylic acids is 2. The minimum absolute atomic E-state index is 0.101. The van der Waals surface area contributed by atoms with Crippen molar-refractivity contribution in [1.82, 2.24) is 10.2 Å². The first kappa shape index (κ1) is 23.4. The number of methoxy groups -OCH3 is 1. The smallest absolute Gasteiger partial charge is 0.408 e. The van der Waals surface area contributed by atoms with Crippen molar-refractivity contribution >= 4 is 12.1 Å². The SMILES string of the molecule is COc1ccc2c3c1O[C@H]1C[C@@H](O)C=C[C@@]31CCN(COC(=O)CNC(=O)OC(C)(C)C)C2. The third-order valence-electron chi connectivity index (χ3n) is 6.22. The lowest BCUT2D eigenvalue weighted by atomic mass is 9.69. The summed E-state index contributed by atoms with van der Waals surface area (Å²) in [5.41, 5.74) is 1.18. The third-order valence-corrected chi connectivity index (χ3v) is 6.22. The number of nitrogens with zero attached hydrogens (tertiary/aromatic N) is 1. The average molecular weight is 461 g/mol. The predicted molar refractivity (Wildman–Crippen MR) is 119 cm³/mol. The molecule has 1 aliphatic carbocycles. The molecule has 0 saturated carbocycles. The molecule has 180 valence electrons. The molecule has 0 saturated heterocycles. The highest BCUT2D eigenvalue weighted by atomic mass is 16.6. The van der Waals surface area contributed by atoms with Gasteiger partial charge in [0.15, 0.2) is 11.5 Å². The van der Waals surface area contributed by atoms with E-state index in [0.717, 1.165) is 23.3 Å². The Balaban J connectivity index is 1.44. The third kappa shape index (κ3) is 4.79. The lowest BCUT2D eigenvalue weighted by molar-refractivity contribution is -0.147. The van der Waals surface area contributed by atoms with E-state index in [1.54, 1.807) is 27.9 Å². The zero-order valence-corrected chi connectivity index (χ0v) is 19.6. The summed E-state index contributed by atoms with van der Waals surface area (Å²) >= 11 is 0. The summed E-state index contributed by atoms with van der Waals surface area (Å²) in [5.74, 6) is 0.877. The number of aliphatic hydroxyl groups is 1. The van der Waals surface area contributed by atoms with Crippen molar-refractivity contribution in [3.8, 4) is 11.5 Å². The van der Waals surface area contributed by atoms with Crippen molar-refractivity contribution < 1.29 is 33.6 Å². The van der Waals surface area contributed by atoms with E-state index in [2.05, 4.69) is 16.3 Å². The van der Waals surface area contributed by atoms with E-state index in [9.17, 15) is 14.7 Å². The van der Waals surface area contributed by atoms with Crippen LogP contribution in [0.25, 0.3) is 0 Å². The number of nitrogens with one attached hydrogen (secondary N) is 1. The van der Waals surface area contributed by atoms with Crippen LogP contribution in [0.3, 0.4) is 0 Å². The Kier molecular flexibility index (Phi) is 6.28. The molecule has 3 atom stereocenters. The van der Waals surface area contributed by atoms with Crippen LogP contribution in [0, 0.1) is 0 Å². The van der Waals surface area contributed by atoms with Gasteiger partial charge in [-0.15, -0.1) is 0 Å². The van der Waals surface area contributed by atoms with Crippen LogP contribution >= 0.6 is 0 Å². The van der Waals surface area contributed by atoms with Crippen molar-refractivity contribution in [1.29, 1.82) is 0 Å². The van der Waals surface area contributed by atoms with E-state index in [1.165, 1.54) is 0 Å². The molecule has 0 aromatic heterocycles.